The highest BCUT2D eigenvalue weighted by atomic mass is 35.5. The second-order valence-electron chi connectivity index (χ2n) is 3.44. The van der Waals surface area contributed by atoms with Gasteiger partial charge in [0.1, 0.15) is 6.07 Å². The predicted octanol–water partition coefficient (Wildman–Crippen LogP) is 1.90. The van der Waals surface area contributed by atoms with Gasteiger partial charge in [-0.15, -0.1) is 10.2 Å². The molecular weight excluding hydrogens is 240 g/mol. The van der Waals surface area contributed by atoms with Gasteiger partial charge in [-0.3, -0.25) is 0 Å². The van der Waals surface area contributed by atoms with Crippen LogP contribution in [-0.2, 0) is 0 Å². The van der Waals surface area contributed by atoms with Gasteiger partial charge in [0.15, 0.2) is 5.82 Å². The van der Waals surface area contributed by atoms with Crippen molar-refractivity contribution in [2.24, 2.45) is 0 Å². The maximum atomic E-state index is 8.75. The first-order chi connectivity index (χ1) is 8.20. The van der Waals surface area contributed by atoms with E-state index in [9.17, 15) is 0 Å². The molecule has 0 saturated heterocycles. The summed E-state index contributed by atoms with van der Waals surface area (Å²) in [7, 11) is 0. The van der Waals surface area contributed by atoms with Gasteiger partial charge in [-0.05, 0) is 25.1 Å². The zero-order valence-electron chi connectivity index (χ0n) is 8.98. The van der Waals surface area contributed by atoms with Gasteiger partial charge in [-0.25, -0.2) is 0 Å². The minimum absolute atomic E-state index is 0.0993. The van der Waals surface area contributed by atoms with Gasteiger partial charge in [0.05, 0.1) is 16.6 Å². The van der Waals surface area contributed by atoms with E-state index in [4.69, 9.17) is 16.9 Å². The predicted molar refractivity (Wildman–Crippen MR) is 62.4 cm³/mol. The molecule has 86 valence electrons. The fourth-order valence-corrected chi connectivity index (χ4v) is 1.59. The van der Waals surface area contributed by atoms with E-state index in [0.29, 0.717) is 16.4 Å². The van der Waals surface area contributed by atoms with Crippen molar-refractivity contribution in [3.63, 3.8) is 0 Å². The Balaban J connectivity index is 2.15. The van der Waals surface area contributed by atoms with Crippen LogP contribution in [0, 0.1) is 11.3 Å². The van der Waals surface area contributed by atoms with Crippen molar-refractivity contribution in [2.75, 3.05) is 5.32 Å². The lowest BCUT2D eigenvalue weighted by molar-refractivity contribution is 0.793. The molecule has 7 heteroatoms. The topological polar surface area (TPSA) is 90.3 Å². The molecule has 0 aliphatic rings. The summed E-state index contributed by atoms with van der Waals surface area (Å²) in [6, 6.07) is 7.03. The van der Waals surface area contributed by atoms with Crippen LogP contribution in [0.25, 0.3) is 0 Å². The molecule has 0 fully saturated rings. The summed E-state index contributed by atoms with van der Waals surface area (Å²) >= 11 is 5.93. The first-order valence-electron chi connectivity index (χ1n) is 4.90. The lowest BCUT2D eigenvalue weighted by atomic mass is 10.2. The third kappa shape index (κ3) is 2.52. The number of anilines is 1. The highest BCUT2D eigenvalue weighted by Crippen LogP contribution is 2.22. The van der Waals surface area contributed by atoms with Gasteiger partial charge >= 0.3 is 0 Å². The quantitative estimate of drug-likeness (QED) is 0.866. The smallest absolute Gasteiger partial charge is 0.196 e. The number of tetrazole rings is 1. The highest BCUT2D eigenvalue weighted by Gasteiger charge is 2.10. The molecule has 17 heavy (non-hydrogen) atoms. The Bertz CT molecular complexity index is 544. The van der Waals surface area contributed by atoms with Crippen molar-refractivity contribution in [2.45, 2.75) is 13.0 Å². The van der Waals surface area contributed by atoms with Gasteiger partial charge < -0.3 is 5.32 Å². The zero-order valence-corrected chi connectivity index (χ0v) is 9.73. The summed E-state index contributed by atoms with van der Waals surface area (Å²) in [5.41, 5.74) is 1.25. The van der Waals surface area contributed by atoms with Crippen LogP contribution in [0.5, 0.6) is 0 Å². The Kier molecular flexibility index (Phi) is 3.21. The summed E-state index contributed by atoms with van der Waals surface area (Å²) in [6.07, 6.45) is 0. The summed E-state index contributed by atoms with van der Waals surface area (Å²) in [5, 5.41) is 25.9. The third-order valence-electron chi connectivity index (χ3n) is 2.22. The fourth-order valence-electron chi connectivity index (χ4n) is 1.36. The van der Waals surface area contributed by atoms with Crippen molar-refractivity contribution in [3.8, 4) is 6.07 Å². The minimum Gasteiger partial charge on any atom is -0.375 e. The molecule has 1 atom stereocenters. The van der Waals surface area contributed by atoms with Crippen molar-refractivity contribution in [1.82, 2.24) is 20.6 Å². The number of rotatable bonds is 3. The maximum Gasteiger partial charge on any atom is 0.196 e. The molecule has 2 N–H and O–H groups in total. The van der Waals surface area contributed by atoms with Crippen molar-refractivity contribution in [3.05, 3.63) is 34.6 Å². The van der Waals surface area contributed by atoms with Crippen LogP contribution in [0.1, 0.15) is 24.4 Å². The number of nitrogens with one attached hydrogen (secondary N) is 2. The largest absolute Gasteiger partial charge is 0.375 e. The Morgan fingerprint density at radius 2 is 2.35 bits per heavy atom. The number of benzene rings is 1. The summed E-state index contributed by atoms with van der Waals surface area (Å²) in [5.74, 6) is 0.561. The molecule has 0 saturated carbocycles. The third-order valence-corrected chi connectivity index (χ3v) is 2.53. The second kappa shape index (κ2) is 4.80. The molecule has 2 aromatic rings. The van der Waals surface area contributed by atoms with Gasteiger partial charge in [-0.1, -0.05) is 16.8 Å². The van der Waals surface area contributed by atoms with E-state index < -0.39 is 0 Å². The molecule has 0 amide bonds. The van der Waals surface area contributed by atoms with Crippen LogP contribution in [0.15, 0.2) is 18.2 Å². The first-order valence-corrected chi connectivity index (χ1v) is 5.28. The van der Waals surface area contributed by atoms with E-state index in [-0.39, 0.29) is 6.04 Å². The van der Waals surface area contributed by atoms with Crippen LogP contribution in [0.3, 0.4) is 0 Å². The Morgan fingerprint density at radius 1 is 1.53 bits per heavy atom. The zero-order chi connectivity index (χ0) is 12.3. The molecule has 0 spiro atoms. The monoisotopic (exact) mass is 248 g/mol. The van der Waals surface area contributed by atoms with Gasteiger partial charge in [0, 0.05) is 5.69 Å². The van der Waals surface area contributed by atoms with E-state index in [1.807, 2.05) is 13.0 Å². The molecular formula is C10H9ClN6. The molecule has 1 aromatic heterocycles. The minimum atomic E-state index is -0.0993. The fraction of sp³-hybridized carbons (Fsp3) is 0.200. The molecule has 0 aliphatic carbocycles. The average Bonchev–Trinajstić information content (AvgIpc) is 2.82. The number of hydrogen-bond donors (Lipinski definition) is 2. The van der Waals surface area contributed by atoms with E-state index >= 15 is 0 Å². The highest BCUT2D eigenvalue weighted by molar-refractivity contribution is 6.32. The van der Waals surface area contributed by atoms with Crippen molar-refractivity contribution in [1.29, 1.82) is 5.26 Å². The first kappa shape index (κ1) is 11.4. The number of H-pyrrole nitrogens is 1. The molecule has 0 aliphatic heterocycles. The summed E-state index contributed by atoms with van der Waals surface area (Å²) in [6.45, 7) is 1.90. The molecule has 6 nitrogen and oxygen atoms in total. The van der Waals surface area contributed by atoms with E-state index in [2.05, 4.69) is 25.9 Å². The maximum absolute atomic E-state index is 8.75. The molecule has 0 bridgehead atoms. The SMILES string of the molecule is CC(Nc1ccc(C#N)c(Cl)c1)c1nn[nH]n1. The Morgan fingerprint density at radius 3 is 2.94 bits per heavy atom. The van der Waals surface area contributed by atoms with E-state index in [1.165, 1.54) is 0 Å². The Labute approximate surface area is 103 Å². The number of aromatic nitrogens is 4. The van der Waals surface area contributed by atoms with Crippen molar-refractivity contribution >= 4 is 17.3 Å². The number of nitrogens with zero attached hydrogens (tertiary/aromatic N) is 4. The summed E-state index contributed by atoms with van der Waals surface area (Å²) in [4.78, 5) is 0. The average molecular weight is 249 g/mol. The molecule has 1 heterocycles. The van der Waals surface area contributed by atoms with Gasteiger partial charge in [0.25, 0.3) is 0 Å². The number of halogens is 1. The van der Waals surface area contributed by atoms with Crippen LogP contribution in [0.2, 0.25) is 5.02 Å². The van der Waals surface area contributed by atoms with Crippen LogP contribution in [-0.4, -0.2) is 20.6 Å². The number of aromatic amines is 1. The van der Waals surface area contributed by atoms with Crippen LogP contribution in [0.4, 0.5) is 5.69 Å². The second-order valence-corrected chi connectivity index (χ2v) is 3.85. The molecule has 1 unspecified atom stereocenters. The van der Waals surface area contributed by atoms with E-state index in [1.54, 1.807) is 18.2 Å². The lowest BCUT2D eigenvalue weighted by Gasteiger charge is -2.11. The number of hydrogen-bond acceptors (Lipinski definition) is 5. The standard InChI is InChI=1S/C10H9ClN6/c1-6(10-14-16-17-15-10)13-8-3-2-7(5-12)9(11)4-8/h2-4,6,13H,1H3,(H,14,15,16,17). The molecule has 1 aromatic carbocycles. The molecule has 0 radical (unpaired) electrons. The van der Waals surface area contributed by atoms with E-state index in [0.717, 1.165) is 5.69 Å². The van der Waals surface area contributed by atoms with Crippen molar-refractivity contribution < 1.29 is 0 Å². The van der Waals surface area contributed by atoms with Gasteiger partial charge in [0.2, 0.25) is 0 Å². The van der Waals surface area contributed by atoms with Gasteiger partial charge in [-0.2, -0.15) is 10.5 Å². The Hall–Kier alpha value is -2.13. The van der Waals surface area contributed by atoms with Crippen LogP contribution >= 0.6 is 11.6 Å². The number of nitriles is 1. The molecule has 2 rings (SSSR count). The van der Waals surface area contributed by atoms with Crippen LogP contribution < -0.4 is 5.32 Å². The summed E-state index contributed by atoms with van der Waals surface area (Å²) < 4.78 is 0. The normalized spacial score (nSPS) is 11.8. The lowest BCUT2D eigenvalue weighted by Crippen LogP contribution is -2.08.